The largest absolute Gasteiger partial charge is 0.336 e. The molecule has 2 heterocycles. The second-order valence-corrected chi connectivity index (χ2v) is 6.14. The van der Waals surface area contributed by atoms with Gasteiger partial charge in [0.05, 0.1) is 23.0 Å². The lowest BCUT2D eigenvalue weighted by Gasteiger charge is -2.07. The molecule has 2 amide bonds. The normalized spacial score (nSPS) is 13.6. The molecule has 2 N–H and O–H groups in total. The predicted molar refractivity (Wildman–Crippen MR) is 92.3 cm³/mol. The van der Waals surface area contributed by atoms with E-state index >= 15 is 0 Å². The highest BCUT2D eigenvalue weighted by atomic mass is 16.5. The van der Waals surface area contributed by atoms with Crippen LogP contribution in [0.1, 0.15) is 28.9 Å². The van der Waals surface area contributed by atoms with Gasteiger partial charge in [-0.05, 0) is 50.1 Å². The predicted octanol–water partition coefficient (Wildman–Crippen LogP) is 3.13. The summed E-state index contributed by atoms with van der Waals surface area (Å²) in [6.45, 7) is 1.81. The van der Waals surface area contributed by atoms with Crippen molar-refractivity contribution in [2.24, 2.45) is 5.92 Å². The Bertz CT molecular complexity index is 958. The SMILES string of the molecule is Cc1noc2ncc(NC(=O)c3ccc(NC(=O)C4CC4)cc3)cc12. The van der Waals surface area contributed by atoms with E-state index in [-0.39, 0.29) is 17.7 Å². The van der Waals surface area contributed by atoms with Crippen molar-refractivity contribution in [2.45, 2.75) is 19.8 Å². The first-order chi connectivity index (χ1) is 12.1. The number of carbonyl (C=O) groups is 2. The van der Waals surface area contributed by atoms with Gasteiger partial charge in [-0.2, -0.15) is 0 Å². The Balaban J connectivity index is 1.46. The van der Waals surface area contributed by atoms with Crippen LogP contribution >= 0.6 is 0 Å². The van der Waals surface area contributed by atoms with Crippen molar-refractivity contribution in [2.75, 3.05) is 10.6 Å². The highest BCUT2D eigenvalue weighted by molar-refractivity contribution is 6.05. The topological polar surface area (TPSA) is 97.1 Å². The van der Waals surface area contributed by atoms with Crippen molar-refractivity contribution in [1.82, 2.24) is 10.1 Å². The van der Waals surface area contributed by atoms with Gasteiger partial charge < -0.3 is 15.2 Å². The third-order valence-corrected chi connectivity index (χ3v) is 4.13. The zero-order chi connectivity index (χ0) is 17.4. The van der Waals surface area contributed by atoms with Crippen molar-refractivity contribution < 1.29 is 14.1 Å². The highest BCUT2D eigenvalue weighted by Crippen LogP contribution is 2.30. The molecule has 0 aliphatic heterocycles. The summed E-state index contributed by atoms with van der Waals surface area (Å²) in [6, 6.07) is 8.57. The highest BCUT2D eigenvalue weighted by Gasteiger charge is 2.29. The zero-order valence-electron chi connectivity index (χ0n) is 13.6. The molecule has 7 heteroatoms. The molecule has 1 aromatic carbocycles. The molecule has 0 spiro atoms. The standard InChI is InChI=1S/C18H16N4O3/c1-10-15-8-14(9-19-18(15)25-22-10)21-17(24)12-4-6-13(7-5-12)20-16(23)11-2-3-11/h4-9,11H,2-3H2,1H3,(H,20,23)(H,21,24). The number of hydrogen-bond acceptors (Lipinski definition) is 5. The van der Waals surface area contributed by atoms with Gasteiger partial charge in [-0.15, -0.1) is 0 Å². The van der Waals surface area contributed by atoms with Crippen LogP contribution in [-0.4, -0.2) is 22.0 Å². The summed E-state index contributed by atoms with van der Waals surface area (Å²) >= 11 is 0. The van der Waals surface area contributed by atoms with E-state index < -0.39 is 0 Å². The number of aromatic nitrogens is 2. The third kappa shape index (κ3) is 3.21. The number of fused-ring (bicyclic) bond motifs is 1. The molecular weight excluding hydrogens is 320 g/mol. The zero-order valence-corrected chi connectivity index (χ0v) is 13.6. The maximum absolute atomic E-state index is 12.4. The number of aryl methyl sites for hydroxylation is 1. The number of rotatable bonds is 4. The summed E-state index contributed by atoms with van der Waals surface area (Å²) in [5.41, 5.74) is 2.90. The molecular formula is C18H16N4O3. The van der Waals surface area contributed by atoms with E-state index in [1.54, 1.807) is 30.3 Å². The summed E-state index contributed by atoms with van der Waals surface area (Å²) in [5, 5.41) is 10.2. The Morgan fingerprint density at radius 3 is 2.60 bits per heavy atom. The Morgan fingerprint density at radius 1 is 1.12 bits per heavy atom. The van der Waals surface area contributed by atoms with Crippen LogP contribution in [0.2, 0.25) is 0 Å². The number of nitrogens with one attached hydrogen (secondary N) is 2. The minimum absolute atomic E-state index is 0.0423. The molecule has 1 saturated carbocycles. The number of nitrogens with zero attached hydrogens (tertiary/aromatic N) is 2. The molecule has 0 saturated heterocycles. The minimum atomic E-state index is -0.254. The number of amides is 2. The lowest BCUT2D eigenvalue weighted by Crippen LogP contribution is -2.14. The summed E-state index contributed by atoms with van der Waals surface area (Å²) in [6.07, 6.45) is 3.43. The third-order valence-electron chi connectivity index (χ3n) is 4.13. The Hall–Kier alpha value is -3.22. The summed E-state index contributed by atoms with van der Waals surface area (Å²) < 4.78 is 5.05. The fourth-order valence-corrected chi connectivity index (χ4v) is 2.51. The summed E-state index contributed by atoms with van der Waals surface area (Å²) in [7, 11) is 0. The van der Waals surface area contributed by atoms with Crippen LogP contribution < -0.4 is 10.6 Å². The van der Waals surface area contributed by atoms with Gasteiger partial charge >= 0.3 is 0 Å². The monoisotopic (exact) mass is 336 g/mol. The quantitative estimate of drug-likeness (QED) is 0.763. The van der Waals surface area contributed by atoms with Gasteiger partial charge in [-0.1, -0.05) is 5.16 Å². The first-order valence-electron chi connectivity index (χ1n) is 8.04. The molecule has 0 bridgehead atoms. The van der Waals surface area contributed by atoms with Crippen molar-refractivity contribution in [3.63, 3.8) is 0 Å². The molecule has 0 unspecified atom stereocenters. The van der Waals surface area contributed by atoms with Crippen LogP contribution in [0.25, 0.3) is 11.1 Å². The average Bonchev–Trinajstić information content (AvgIpc) is 3.40. The number of carbonyl (C=O) groups excluding carboxylic acids is 2. The van der Waals surface area contributed by atoms with E-state index in [0.717, 1.165) is 18.2 Å². The molecule has 7 nitrogen and oxygen atoms in total. The number of benzene rings is 1. The summed E-state index contributed by atoms with van der Waals surface area (Å²) in [4.78, 5) is 28.2. The van der Waals surface area contributed by atoms with E-state index in [4.69, 9.17) is 4.52 Å². The fraction of sp³-hybridized carbons (Fsp3) is 0.222. The van der Waals surface area contributed by atoms with Gasteiger partial charge in [0.1, 0.15) is 0 Å². The smallest absolute Gasteiger partial charge is 0.258 e. The van der Waals surface area contributed by atoms with E-state index in [0.29, 0.717) is 28.3 Å². The Labute approximate surface area is 143 Å². The van der Waals surface area contributed by atoms with Gasteiger partial charge in [0.25, 0.3) is 11.6 Å². The molecule has 4 rings (SSSR count). The van der Waals surface area contributed by atoms with Gasteiger partial charge in [0.15, 0.2) is 0 Å². The average molecular weight is 336 g/mol. The molecule has 25 heavy (non-hydrogen) atoms. The van der Waals surface area contributed by atoms with Crippen molar-refractivity contribution in [1.29, 1.82) is 0 Å². The van der Waals surface area contributed by atoms with Crippen LogP contribution in [0, 0.1) is 12.8 Å². The number of hydrogen-bond donors (Lipinski definition) is 2. The Kier molecular flexibility index (Phi) is 3.68. The van der Waals surface area contributed by atoms with Crippen LogP contribution in [-0.2, 0) is 4.79 Å². The van der Waals surface area contributed by atoms with E-state index in [9.17, 15) is 9.59 Å². The van der Waals surface area contributed by atoms with Crippen molar-refractivity contribution in [3.8, 4) is 0 Å². The molecule has 1 fully saturated rings. The lowest BCUT2D eigenvalue weighted by atomic mass is 10.2. The van der Waals surface area contributed by atoms with Crippen LogP contribution in [0.15, 0.2) is 41.1 Å². The molecule has 0 atom stereocenters. The van der Waals surface area contributed by atoms with Gasteiger partial charge in [-0.3, -0.25) is 9.59 Å². The van der Waals surface area contributed by atoms with E-state index in [1.807, 2.05) is 6.92 Å². The van der Waals surface area contributed by atoms with Crippen LogP contribution in [0.3, 0.4) is 0 Å². The minimum Gasteiger partial charge on any atom is -0.336 e. The maximum Gasteiger partial charge on any atom is 0.258 e. The Morgan fingerprint density at radius 2 is 1.88 bits per heavy atom. The fourth-order valence-electron chi connectivity index (χ4n) is 2.51. The number of anilines is 2. The number of pyridine rings is 1. The second kappa shape index (κ2) is 6.01. The first kappa shape index (κ1) is 15.3. The van der Waals surface area contributed by atoms with Crippen LogP contribution in [0.5, 0.6) is 0 Å². The lowest BCUT2D eigenvalue weighted by molar-refractivity contribution is -0.117. The second-order valence-electron chi connectivity index (χ2n) is 6.14. The summed E-state index contributed by atoms with van der Waals surface area (Å²) in [5.74, 6) is -0.0674. The first-order valence-corrected chi connectivity index (χ1v) is 8.04. The maximum atomic E-state index is 12.4. The van der Waals surface area contributed by atoms with Gasteiger partial charge in [0.2, 0.25) is 5.91 Å². The molecule has 1 aliphatic rings. The van der Waals surface area contributed by atoms with Crippen molar-refractivity contribution >= 4 is 34.3 Å². The van der Waals surface area contributed by atoms with Gasteiger partial charge in [0, 0.05) is 17.2 Å². The van der Waals surface area contributed by atoms with E-state index in [2.05, 4.69) is 20.8 Å². The van der Waals surface area contributed by atoms with Crippen molar-refractivity contribution in [3.05, 3.63) is 47.8 Å². The molecule has 126 valence electrons. The van der Waals surface area contributed by atoms with Crippen LogP contribution in [0.4, 0.5) is 11.4 Å². The van der Waals surface area contributed by atoms with E-state index in [1.165, 1.54) is 6.20 Å². The van der Waals surface area contributed by atoms with Gasteiger partial charge in [-0.25, -0.2) is 4.98 Å². The molecule has 2 aromatic heterocycles. The molecule has 1 aliphatic carbocycles. The molecule has 3 aromatic rings. The molecule has 0 radical (unpaired) electrons.